The average Bonchev–Trinajstić information content (AvgIpc) is 2.81. The SMILES string of the molecule is N#Cc1ccc(NCCc2ccc(Cl)s2)c(F)c1Br. The van der Waals surface area contributed by atoms with Crippen LogP contribution in [0, 0.1) is 17.1 Å². The molecule has 2 aromatic rings. The summed E-state index contributed by atoms with van der Waals surface area (Å²) in [5.41, 5.74) is 0.668. The van der Waals surface area contributed by atoms with Crippen molar-refractivity contribution in [3.63, 3.8) is 0 Å². The van der Waals surface area contributed by atoms with E-state index in [1.807, 2.05) is 18.2 Å². The van der Waals surface area contributed by atoms with Crippen LogP contribution < -0.4 is 5.32 Å². The predicted octanol–water partition coefficient (Wildman–Crippen LogP) is 4.83. The van der Waals surface area contributed by atoms with E-state index in [1.54, 1.807) is 12.1 Å². The third-order valence-corrected chi connectivity index (χ3v) is 4.58. The Labute approximate surface area is 128 Å². The summed E-state index contributed by atoms with van der Waals surface area (Å²) in [4.78, 5) is 1.14. The molecule has 0 radical (unpaired) electrons. The number of benzene rings is 1. The number of rotatable bonds is 4. The molecule has 98 valence electrons. The molecule has 0 saturated carbocycles. The second-order valence-electron chi connectivity index (χ2n) is 3.78. The second-order valence-corrected chi connectivity index (χ2v) is 6.38. The molecule has 1 heterocycles. The zero-order valence-corrected chi connectivity index (χ0v) is 12.9. The van der Waals surface area contributed by atoms with Gasteiger partial charge in [-0.3, -0.25) is 0 Å². The number of anilines is 1. The maximum absolute atomic E-state index is 13.9. The molecular weight excluding hydrogens is 351 g/mol. The van der Waals surface area contributed by atoms with Crippen molar-refractivity contribution in [3.05, 3.63) is 49.3 Å². The van der Waals surface area contributed by atoms with Gasteiger partial charge in [-0.1, -0.05) is 11.6 Å². The third-order valence-electron chi connectivity index (χ3n) is 2.52. The van der Waals surface area contributed by atoms with Crippen molar-refractivity contribution in [3.8, 4) is 6.07 Å². The maximum Gasteiger partial charge on any atom is 0.161 e. The molecular formula is C13H9BrClFN2S. The molecule has 19 heavy (non-hydrogen) atoms. The Hall–Kier alpha value is -1.09. The van der Waals surface area contributed by atoms with E-state index < -0.39 is 5.82 Å². The Balaban J connectivity index is 2.00. The summed E-state index contributed by atoms with van der Waals surface area (Å²) in [6, 6.07) is 8.88. The van der Waals surface area contributed by atoms with Gasteiger partial charge in [0.2, 0.25) is 0 Å². The number of nitriles is 1. The van der Waals surface area contributed by atoms with Gasteiger partial charge in [0.05, 0.1) is 20.1 Å². The fourth-order valence-corrected chi connectivity index (χ4v) is 3.10. The van der Waals surface area contributed by atoms with Crippen LogP contribution in [0.25, 0.3) is 0 Å². The molecule has 0 aliphatic rings. The summed E-state index contributed by atoms with van der Waals surface area (Å²) in [7, 11) is 0. The van der Waals surface area contributed by atoms with Crippen LogP contribution in [-0.4, -0.2) is 6.54 Å². The second kappa shape index (κ2) is 6.38. The topological polar surface area (TPSA) is 35.8 Å². The van der Waals surface area contributed by atoms with Gasteiger partial charge in [-0.05, 0) is 46.6 Å². The first kappa shape index (κ1) is 14.3. The average molecular weight is 360 g/mol. The summed E-state index contributed by atoms with van der Waals surface area (Å²) >= 11 is 10.4. The molecule has 6 heteroatoms. The predicted molar refractivity (Wildman–Crippen MR) is 80.3 cm³/mol. The lowest BCUT2D eigenvalue weighted by Crippen LogP contribution is -2.06. The smallest absolute Gasteiger partial charge is 0.161 e. The fourth-order valence-electron chi connectivity index (χ4n) is 1.58. The minimum absolute atomic E-state index is 0.194. The first-order valence-electron chi connectivity index (χ1n) is 5.48. The number of hydrogen-bond acceptors (Lipinski definition) is 3. The standard InChI is InChI=1S/C13H9BrClFN2S/c14-12-8(7-17)1-3-10(13(12)16)18-6-5-9-2-4-11(15)19-9/h1-4,18H,5-6H2. The highest BCUT2D eigenvalue weighted by Gasteiger charge is 2.10. The largest absolute Gasteiger partial charge is 0.382 e. The number of thiophene rings is 1. The van der Waals surface area contributed by atoms with E-state index in [0.717, 1.165) is 15.6 Å². The molecule has 0 bridgehead atoms. The highest BCUT2D eigenvalue weighted by atomic mass is 79.9. The molecule has 0 unspecified atom stereocenters. The van der Waals surface area contributed by atoms with Crippen LogP contribution in [0.2, 0.25) is 4.34 Å². The number of halogens is 3. The molecule has 0 fully saturated rings. The van der Waals surface area contributed by atoms with Crippen molar-refractivity contribution in [1.82, 2.24) is 0 Å². The molecule has 2 rings (SSSR count). The Morgan fingerprint density at radius 2 is 2.16 bits per heavy atom. The van der Waals surface area contributed by atoms with E-state index in [9.17, 15) is 4.39 Å². The van der Waals surface area contributed by atoms with Crippen molar-refractivity contribution in [2.75, 3.05) is 11.9 Å². The zero-order valence-electron chi connectivity index (χ0n) is 9.71. The lowest BCUT2D eigenvalue weighted by molar-refractivity contribution is 0.623. The number of nitrogens with zero attached hydrogens (tertiary/aromatic N) is 1. The highest BCUT2D eigenvalue weighted by Crippen LogP contribution is 2.27. The highest BCUT2D eigenvalue weighted by molar-refractivity contribution is 9.10. The lowest BCUT2D eigenvalue weighted by Gasteiger charge is -2.08. The van der Waals surface area contributed by atoms with Crippen molar-refractivity contribution < 1.29 is 4.39 Å². The maximum atomic E-state index is 13.9. The van der Waals surface area contributed by atoms with Gasteiger partial charge in [0.1, 0.15) is 6.07 Å². The molecule has 0 aliphatic heterocycles. The monoisotopic (exact) mass is 358 g/mol. The van der Waals surface area contributed by atoms with E-state index in [0.29, 0.717) is 12.2 Å². The van der Waals surface area contributed by atoms with Gasteiger partial charge in [-0.25, -0.2) is 4.39 Å². The van der Waals surface area contributed by atoms with Gasteiger partial charge in [-0.15, -0.1) is 11.3 Å². The number of hydrogen-bond donors (Lipinski definition) is 1. The Morgan fingerprint density at radius 3 is 2.79 bits per heavy atom. The van der Waals surface area contributed by atoms with E-state index in [1.165, 1.54) is 11.3 Å². The van der Waals surface area contributed by atoms with Crippen LogP contribution in [0.3, 0.4) is 0 Å². The summed E-state index contributed by atoms with van der Waals surface area (Å²) < 4.78 is 14.8. The Bertz CT molecular complexity index is 636. The Morgan fingerprint density at radius 1 is 1.37 bits per heavy atom. The molecule has 0 aliphatic carbocycles. The summed E-state index contributed by atoms with van der Waals surface area (Å²) in [6.07, 6.45) is 0.772. The van der Waals surface area contributed by atoms with Gasteiger partial charge in [0, 0.05) is 11.4 Å². The van der Waals surface area contributed by atoms with E-state index in [2.05, 4.69) is 21.2 Å². The van der Waals surface area contributed by atoms with Gasteiger partial charge in [0.15, 0.2) is 5.82 Å². The van der Waals surface area contributed by atoms with Crippen molar-refractivity contribution in [2.24, 2.45) is 0 Å². The number of nitrogens with one attached hydrogen (secondary N) is 1. The van der Waals surface area contributed by atoms with E-state index in [4.69, 9.17) is 16.9 Å². The summed E-state index contributed by atoms with van der Waals surface area (Å²) in [6.45, 7) is 0.603. The van der Waals surface area contributed by atoms with Crippen LogP contribution in [0.1, 0.15) is 10.4 Å². The quantitative estimate of drug-likeness (QED) is 0.848. The first-order chi connectivity index (χ1) is 9.11. The van der Waals surface area contributed by atoms with Crippen LogP contribution in [0.15, 0.2) is 28.7 Å². The van der Waals surface area contributed by atoms with Gasteiger partial charge < -0.3 is 5.32 Å². The summed E-state index contributed by atoms with van der Waals surface area (Å²) in [5, 5.41) is 11.8. The molecule has 0 saturated heterocycles. The van der Waals surface area contributed by atoms with E-state index >= 15 is 0 Å². The van der Waals surface area contributed by atoms with Gasteiger partial charge in [0.25, 0.3) is 0 Å². The van der Waals surface area contributed by atoms with Crippen LogP contribution in [-0.2, 0) is 6.42 Å². The Kier molecular flexibility index (Phi) is 4.81. The van der Waals surface area contributed by atoms with Crippen LogP contribution in [0.5, 0.6) is 0 Å². The van der Waals surface area contributed by atoms with Crippen LogP contribution in [0.4, 0.5) is 10.1 Å². The molecule has 0 amide bonds. The molecule has 1 aromatic heterocycles. The normalized spacial score (nSPS) is 10.2. The third kappa shape index (κ3) is 3.47. The molecule has 1 aromatic carbocycles. The first-order valence-corrected chi connectivity index (χ1v) is 7.46. The van der Waals surface area contributed by atoms with Crippen molar-refractivity contribution >= 4 is 44.6 Å². The fraction of sp³-hybridized carbons (Fsp3) is 0.154. The lowest BCUT2D eigenvalue weighted by atomic mass is 10.2. The minimum Gasteiger partial charge on any atom is -0.382 e. The van der Waals surface area contributed by atoms with Crippen molar-refractivity contribution in [2.45, 2.75) is 6.42 Å². The molecule has 2 nitrogen and oxygen atoms in total. The summed E-state index contributed by atoms with van der Waals surface area (Å²) in [5.74, 6) is -0.441. The van der Waals surface area contributed by atoms with E-state index in [-0.39, 0.29) is 10.0 Å². The minimum atomic E-state index is -0.441. The van der Waals surface area contributed by atoms with Crippen molar-refractivity contribution in [1.29, 1.82) is 5.26 Å². The molecule has 0 atom stereocenters. The molecule has 1 N–H and O–H groups in total. The zero-order chi connectivity index (χ0) is 13.8. The van der Waals surface area contributed by atoms with Gasteiger partial charge in [-0.2, -0.15) is 5.26 Å². The van der Waals surface area contributed by atoms with Crippen LogP contribution >= 0.6 is 38.9 Å². The van der Waals surface area contributed by atoms with Gasteiger partial charge >= 0.3 is 0 Å². The molecule has 0 spiro atoms.